The van der Waals surface area contributed by atoms with Gasteiger partial charge in [0.1, 0.15) is 17.9 Å². The highest BCUT2D eigenvalue weighted by Gasteiger charge is 2.11. The standard InChI is InChI=1S/C19H19ClF2N6O/c1-23-19(27-11-14-8-15(20)3-4-16(14)29-18(21)22)26-10-13-2-5-17(25-9-13)28-7-6-24-12-28/h2-9,12,18H,10-11H2,1H3,(H2,23,26,27). The van der Waals surface area contributed by atoms with Crippen molar-refractivity contribution in [2.45, 2.75) is 19.7 Å². The van der Waals surface area contributed by atoms with Gasteiger partial charge in [0.2, 0.25) is 0 Å². The summed E-state index contributed by atoms with van der Waals surface area (Å²) in [4.78, 5) is 12.5. The van der Waals surface area contributed by atoms with Gasteiger partial charge in [0.05, 0.1) is 0 Å². The molecule has 0 spiro atoms. The number of benzene rings is 1. The van der Waals surface area contributed by atoms with E-state index in [1.807, 2.05) is 22.9 Å². The monoisotopic (exact) mass is 420 g/mol. The molecule has 0 unspecified atom stereocenters. The lowest BCUT2D eigenvalue weighted by molar-refractivity contribution is -0.0504. The summed E-state index contributed by atoms with van der Waals surface area (Å²) < 4.78 is 31.5. The van der Waals surface area contributed by atoms with Crippen LogP contribution >= 0.6 is 11.6 Å². The Labute approximate surface area is 171 Å². The van der Waals surface area contributed by atoms with Gasteiger partial charge in [-0.25, -0.2) is 9.97 Å². The molecule has 0 aliphatic carbocycles. The van der Waals surface area contributed by atoms with E-state index in [2.05, 4.69) is 30.3 Å². The molecule has 2 heterocycles. The maximum absolute atomic E-state index is 12.6. The number of halogens is 3. The maximum Gasteiger partial charge on any atom is 0.387 e. The first-order valence-corrected chi connectivity index (χ1v) is 9.04. The van der Waals surface area contributed by atoms with E-state index in [1.165, 1.54) is 12.1 Å². The van der Waals surface area contributed by atoms with Crippen LogP contribution in [0.25, 0.3) is 5.82 Å². The fourth-order valence-corrected chi connectivity index (χ4v) is 2.75. The highest BCUT2D eigenvalue weighted by Crippen LogP contribution is 2.24. The summed E-state index contributed by atoms with van der Waals surface area (Å²) in [6, 6.07) is 8.30. The Balaban J connectivity index is 1.57. The Kier molecular flexibility index (Phi) is 6.96. The summed E-state index contributed by atoms with van der Waals surface area (Å²) in [5, 5.41) is 6.62. The van der Waals surface area contributed by atoms with E-state index in [0.29, 0.717) is 23.1 Å². The summed E-state index contributed by atoms with van der Waals surface area (Å²) >= 11 is 5.96. The zero-order valence-electron chi connectivity index (χ0n) is 15.5. The van der Waals surface area contributed by atoms with Crippen LogP contribution in [-0.4, -0.2) is 34.2 Å². The molecule has 0 aliphatic rings. The second-order valence-corrected chi connectivity index (χ2v) is 6.34. The van der Waals surface area contributed by atoms with Crippen LogP contribution in [0.2, 0.25) is 5.02 Å². The first kappa shape index (κ1) is 20.5. The summed E-state index contributed by atoms with van der Waals surface area (Å²) in [7, 11) is 1.62. The number of nitrogens with zero attached hydrogens (tertiary/aromatic N) is 4. The molecular formula is C19H19ClF2N6O. The fraction of sp³-hybridized carbons (Fsp3) is 0.211. The van der Waals surface area contributed by atoms with Gasteiger partial charge in [-0.3, -0.25) is 9.56 Å². The van der Waals surface area contributed by atoms with Crippen LogP contribution < -0.4 is 15.4 Å². The predicted molar refractivity (Wildman–Crippen MR) is 106 cm³/mol. The van der Waals surface area contributed by atoms with Gasteiger partial charge in [0, 0.05) is 49.3 Å². The Bertz CT molecular complexity index is 948. The first-order valence-electron chi connectivity index (χ1n) is 8.66. The molecule has 10 heteroatoms. The molecule has 1 aromatic carbocycles. The van der Waals surface area contributed by atoms with Crippen molar-refractivity contribution < 1.29 is 13.5 Å². The van der Waals surface area contributed by atoms with Crippen LogP contribution in [0.4, 0.5) is 8.78 Å². The van der Waals surface area contributed by atoms with Gasteiger partial charge in [0.25, 0.3) is 0 Å². The van der Waals surface area contributed by atoms with Crippen molar-refractivity contribution in [2.75, 3.05) is 7.05 Å². The third-order valence-corrected chi connectivity index (χ3v) is 4.18. The van der Waals surface area contributed by atoms with Crippen LogP contribution in [0.5, 0.6) is 5.75 Å². The van der Waals surface area contributed by atoms with Gasteiger partial charge in [-0.05, 0) is 29.8 Å². The number of pyridine rings is 1. The van der Waals surface area contributed by atoms with E-state index in [0.717, 1.165) is 11.4 Å². The molecule has 29 heavy (non-hydrogen) atoms. The van der Waals surface area contributed by atoms with Crippen LogP contribution in [0, 0.1) is 0 Å². The number of alkyl halides is 2. The topological polar surface area (TPSA) is 76.4 Å². The number of aromatic nitrogens is 3. The SMILES string of the molecule is CN=C(NCc1ccc(-n2ccnc2)nc1)NCc1cc(Cl)ccc1OC(F)F. The predicted octanol–water partition coefficient (Wildman–Crippen LogP) is 3.39. The van der Waals surface area contributed by atoms with Gasteiger partial charge < -0.3 is 15.4 Å². The number of aliphatic imine (C=N–C) groups is 1. The van der Waals surface area contributed by atoms with Crippen molar-refractivity contribution in [2.24, 2.45) is 4.99 Å². The second-order valence-electron chi connectivity index (χ2n) is 5.90. The molecule has 2 aromatic heterocycles. The molecule has 0 fully saturated rings. The third-order valence-electron chi connectivity index (χ3n) is 3.95. The maximum atomic E-state index is 12.6. The quantitative estimate of drug-likeness (QED) is 0.452. The molecule has 0 saturated heterocycles. The van der Waals surface area contributed by atoms with Crippen molar-refractivity contribution in [1.82, 2.24) is 25.2 Å². The minimum atomic E-state index is -2.91. The summed E-state index contributed by atoms with van der Waals surface area (Å²) in [5.74, 6) is 1.32. The number of rotatable bonds is 7. The molecule has 0 bridgehead atoms. The van der Waals surface area contributed by atoms with Gasteiger partial charge >= 0.3 is 6.61 Å². The Morgan fingerprint density at radius 3 is 2.72 bits per heavy atom. The zero-order chi connectivity index (χ0) is 20.6. The number of ether oxygens (including phenoxy) is 1. The average Bonchev–Trinajstić information content (AvgIpc) is 3.25. The molecule has 0 atom stereocenters. The lowest BCUT2D eigenvalue weighted by atomic mass is 10.2. The van der Waals surface area contributed by atoms with E-state index in [9.17, 15) is 8.78 Å². The molecule has 0 saturated carbocycles. The number of nitrogens with one attached hydrogen (secondary N) is 2. The summed E-state index contributed by atoms with van der Waals surface area (Å²) in [5.41, 5.74) is 1.44. The van der Waals surface area contributed by atoms with E-state index in [1.54, 1.807) is 31.8 Å². The molecule has 3 aromatic rings. The second kappa shape index (κ2) is 9.83. The van der Waals surface area contributed by atoms with Gasteiger partial charge in [0.15, 0.2) is 5.96 Å². The number of guanidine groups is 1. The van der Waals surface area contributed by atoms with Crippen molar-refractivity contribution in [3.8, 4) is 11.6 Å². The molecule has 2 N–H and O–H groups in total. The molecule has 152 valence electrons. The van der Waals surface area contributed by atoms with Gasteiger partial charge in [-0.2, -0.15) is 8.78 Å². The minimum Gasteiger partial charge on any atom is -0.434 e. The van der Waals surface area contributed by atoms with Crippen molar-refractivity contribution in [1.29, 1.82) is 0 Å². The van der Waals surface area contributed by atoms with Gasteiger partial charge in [-0.1, -0.05) is 17.7 Å². The number of hydrogen-bond donors (Lipinski definition) is 2. The van der Waals surface area contributed by atoms with E-state index in [-0.39, 0.29) is 12.3 Å². The lowest BCUT2D eigenvalue weighted by Crippen LogP contribution is -2.36. The van der Waals surface area contributed by atoms with Crippen LogP contribution in [0.3, 0.4) is 0 Å². The molecule has 0 amide bonds. The van der Waals surface area contributed by atoms with Gasteiger partial charge in [-0.15, -0.1) is 0 Å². The van der Waals surface area contributed by atoms with Crippen molar-refractivity contribution in [3.63, 3.8) is 0 Å². The first-order chi connectivity index (χ1) is 14.0. The largest absolute Gasteiger partial charge is 0.434 e. The fourth-order valence-electron chi connectivity index (χ4n) is 2.55. The van der Waals surface area contributed by atoms with Crippen LogP contribution in [0.1, 0.15) is 11.1 Å². The van der Waals surface area contributed by atoms with E-state index < -0.39 is 6.61 Å². The summed E-state index contributed by atoms with van der Waals surface area (Å²) in [6.45, 7) is -2.22. The highest BCUT2D eigenvalue weighted by atomic mass is 35.5. The van der Waals surface area contributed by atoms with Crippen LogP contribution in [-0.2, 0) is 13.1 Å². The molecule has 7 nitrogen and oxygen atoms in total. The average molecular weight is 421 g/mol. The van der Waals surface area contributed by atoms with Crippen molar-refractivity contribution in [3.05, 3.63) is 71.4 Å². The van der Waals surface area contributed by atoms with Crippen LogP contribution in [0.15, 0.2) is 60.2 Å². The lowest BCUT2D eigenvalue weighted by Gasteiger charge is -2.15. The molecular weight excluding hydrogens is 402 g/mol. The number of hydrogen-bond acceptors (Lipinski definition) is 4. The normalized spacial score (nSPS) is 11.6. The smallest absolute Gasteiger partial charge is 0.387 e. The summed E-state index contributed by atoms with van der Waals surface area (Å²) in [6.07, 6.45) is 6.92. The Morgan fingerprint density at radius 1 is 1.24 bits per heavy atom. The molecule has 3 rings (SSSR count). The van der Waals surface area contributed by atoms with E-state index in [4.69, 9.17) is 11.6 Å². The highest BCUT2D eigenvalue weighted by molar-refractivity contribution is 6.30. The van der Waals surface area contributed by atoms with Crippen molar-refractivity contribution >= 4 is 17.6 Å². The molecule has 0 radical (unpaired) electrons. The number of imidazole rings is 1. The third kappa shape index (κ3) is 5.89. The Hall–Kier alpha value is -3.20. The zero-order valence-corrected chi connectivity index (χ0v) is 16.3. The molecule has 0 aliphatic heterocycles. The van der Waals surface area contributed by atoms with E-state index >= 15 is 0 Å². The minimum absolute atomic E-state index is 0.0617. The Morgan fingerprint density at radius 2 is 2.07 bits per heavy atom.